The molecule has 1 unspecified atom stereocenters. The lowest BCUT2D eigenvalue weighted by Gasteiger charge is -2.19. The highest BCUT2D eigenvalue weighted by atomic mass is 19.1. The van der Waals surface area contributed by atoms with Gasteiger partial charge in [0.15, 0.2) is 0 Å². The summed E-state index contributed by atoms with van der Waals surface area (Å²) in [6.45, 7) is 6.55. The largest absolute Gasteiger partial charge is 0.330 e. The number of rotatable bonds is 3. The minimum atomic E-state index is -0.137. The summed E-state index contributed by atoms with van der Waals surface area (Å²) in [5.74, 6) is 0.564. The van der Waals surface area contributed by atoms with Gasteiger partial charge in [-0.3, -0.25) is 0 Å². The maximum absolute atomic E-state index is 13.3. The number of hydrogen-bond donors (Lipinski definition) is 1. The van der Waals surface area contributed by atoms with Crippen LogP contribution >= 0.6 is 0 Å². The molecule has 2 N–H and O–H groups in total. The molecule has 78 valence electrons. The first-order chi connectivity index (χ1) is 6.56. The van der Waals surface area contributed by atoms with Crippen LogP contribution in [0.5, 0.6) is 0 Å². The normalized spacial score (nSPS) is 13.3. The van der Waals surface area contributed by atoms with Crippen molar-refractivity contribution < 1.29 is 4.39 Å². The first-order valence-electron chi connectivity index (χ1n) is 5.02. The average molecular weight is 195 g/mol. The van der Waals surface area contributed by atoms with E-state index < -0.39 is 0 Å². The number of benzene rings is 1. The Bertz CT molecular complexity index is 307. The molecule has 1 rings (SSSR count). The summed E-state index contributed by atoms with van der Waals surface area (Å²) in [6, 6.07) is 5.39. The van der Waals surface area contributed by atoms with E-state index in [4.69, 9.17) is 5.73 Å². The average Bonchev–Trinajstić information content (AvgIpc) is 2.11. The minimum Gasteiger partial charge on any atom is -0.330 e. The summed E-state index contributed by atoms with van der Waals surface area (Å²) in [5.41, 5.74) is 7.36. The van der Waals surface area contributed by atoms with Gasteiger partial charge in [-0.25, -0.2) is 4.39 Å². The SMILES string of the molecule is Cc1ccc(C(CN)C(C)C)cc1F. The van der Waals surface area contributed by atoms with Gasteiger partial charge in [0.1, 0.15) is 5.82 Å². The lowest BCUT2D eigenvalue weighted by Crippen LogP contribution is -2.17. The Morgan fingerprint density at radius 2 is 2.00 bits per heavy atom. The van der Waals surface area contributed by atoms with Crippen molar-refractivity contribution in [2.24, 2.45) is 11.7 Å². The molecule has 0 aliphatic heterocycles. The van der Waals surface area contributed by atoms with Crippen molar-refractivity contribution in [1.82, 2.24) is 0 Å². The molecular weight excluding hydrogens is 177 g/mol. The van der Waals surface area contributed by atoms with Gasteiger partial charge in [0.2, 0.25) is 0 Å². The highest BCUT2D eigenvalue weighted by molar-refractivity contribution is 5.26. The Morgan fingerprint density at radius 1 is 1.36 bits per heavy atom. The van der Waals surface area contributed by atoms with Crippen molar-refractivity contribution in [2.45, 2.75) is 26.7 Å². The molecule has 0 aliphatic rings. The Balaban J connectivity index is 3.00. The fourth-order valence-corrected chi connectivity index (χ4v) is 1.63. The van der Waals surface area contributed by atoms with E-state index in [9.17, 15) is 4.39 Å². The van der Waals surface area contributed by atoms with Crippen molar-refractivity contribution in [1.29, 1.82) is 0 Å². The third-order valence-electron chi connectivity index (χ3n) is 2.68. The Labute approximate surface area is 85.1 Å². The molecule has 0 radical (unpaired) electrons. The second-order valence-corrected chi connectivity index (χ2v) is 4.09. The van der Waals surface area contributed by atoms with Gasteiger partial charge >= 0.3 is 0 Å². The van der Waals surface area contributed by atoms with E-state index in [0.717, 1.165) is 5.56 Å². The van der Waals surface area contributed by atoms with Crippen molar-refractivity contribution in [3.8, 4) is 0 Å². The maximum atomic E-state index is 13.3. The van der Waals surface area contributed by atoms with Crippen LogP contribution in [0.25, 0.3) is 0 Å². The maximum Gasteiger partial charge on any atom is 0.126 e. The Hall–Kier alpha value is -0.890. The molecule has 0 fully saturated rings. The molecule has 1 nitrogen and oxygen atoms in total. The van der Waals surface area contributed by atoms with Crippen LogP contribution in [0.2, 0.25) is 0 Å². The first-order valence-corrected chi connectivity index (χ1v) is 5.02. The molecule has 0 saturated heterocycles. The number of nitrogens with two attached hydrogens (primary N) is 1. The highest BCUT2D eigenvalue weighted by Gasteiger charge is 2.14. The molecule has 14 heavy (non-hydrogen) atoms. The lowest BCUT2D eigenvalue weighted by molar-refractivity contribution is 0.502. The zero-order valence-electron chi connectivity index (χ0n) is 9.05. The van der Waals surface area contributed by atoms with E-state index in [1.54, 1.807) is 13.0 Å². The first kappa shape index (κ1) is 11.2. The van der Waals surface area contributed by atoms with Crippen molar-refractivity contribution in [3.05, 3.63) is 35.1 Å². The van der Waals surface area contributed by atoms with E-state index in [0.29, 0.717) is 18.0 Å². The van der Waals surface area contributed by atoms with Gasteiger partial charge in [0.05, 0.1) is 0 Å². The van der Waals surface area contributed by atoms with Crippen molar-refractivity contribution in [2.75, 3.05) is 6.54 Å². The van der Waals surface area contributed by atoms with E-state index >= 15 is 0 Å². The molecule has 0 saturated carbocycles. The number of halogens is 1. The standard InChI is InChI=1S/C12H18FN/c1-8(2)11(7-14)10-5-4-9(3)12(13)6-10/h4-6,8,11H,7,14H2,1-3H3. The monoisotopic (exact) mass is 195 g/mol. The van der Waals surface area contributed by atoms with Gasteiger partial charge in [-0.1, -0.05) is 26.0 Å². The van der Waals surface area contributed by atoms with Gasteiger partial charge < -0.3 is 5.73 Å². The predicted molar refractivity (Wildman–Crippen MR) is 57.8 cm³/mol. The predicted octanol–water partition coefficient (Wildman–Crippen LogP) is 2.83. The summed E-state index contributed by atoms with van der Waals surface area (Å²) in [4.78, 5) is 0. The molecule has 0 amide bonds. The van der Waals surface area contributed by atoms with Crippen LogP contribution in [0.4, 0.5) is 4.39 Å². The smallest absolute Gasteiger partial charge is 0.126 e. The quantitative estimate of drug-likeness (QED) is 0.788. The topological polar surface area (TPSA) is 26.0 Å². The second-order valence-electron chi connectivity index (χ2n) is 4.09. The molecule has 0 spiro atoms. The molecular formula is C12H18FN. The zero-order chi connectivity index (χ0) is 10.7. The van der Waals surface area contributed by atoms with E-state index in [-0.39, 0.29) is 11.7 Å². The van der Waals surface area contributed by atoms with Gasteiger partial charge in [-0.2, -0.15) is 0 Å². The van der Waals surface area contributed by atoms with Gasteiger partial charge in [0.25, 0.3) is 0 Å². The van der Waals surface area contributed by atoms with Crippen molar-refractivity contribution in [3.63, 3.8) is 0 Å². The fraction of sp³-hybridized carbons (Fsp3) is 0.500. The third kappa shape index (κ3) is 2.32. The zero-order valence-corrected chi connectivity index (χ0v) is 9.05. The molecule has 1 aromatic rings. The summed E-state index contributed by atoms with van der Waals surface area (Å²) >= 11 is 0. The van der Waals surface area contributed by atoms with E-state index in [1.807, 2.05) is 12.1 Å². The fourth-order valence-electron chi connectivity index (χ4n) is 1.63. The molecule has 0 aliphatic carbocycles. The minimum absolute atomic E-state index is 0.137. The van der Waals surface area contributed by atoms with Crippen LogP contribution in [-0.4, -0.2) is 6.54 Å². The summed E-state index contributed by atoms with van der Waals surface area (Å²) in [5, 5.41) is 0. The molecule has 0 heterocycles. The van der Waals surface area contributed by atoms with Crippen LogP contribution in [0.15, 0.2) is 18.2 Å². The van der Waals surface area contributed by atoms with E-state index in [2.05, 4.69) is 13.8 Å². The third-order valence-corrected chi connectivity index (χ3v) is 2.68. The Morgan fingerprint density at radius 3 is 2.43 bits per heavy atom. The molecule has 1 atom stereocenters. The van der Waals surface area contributed by atoms with Crippen LogP contribution in [0, 0.1) is 18.7 Å². The molecule has 0 aromatic heterocycles. The summed E-state index contributed by atoms with van der Waals surface area (Å²) in [6.07, 6.45) is 0. The summed E-state index contributed by atoms with van der Waals surface area (Å²) < 4.78 is 13.3. The van der Waals surface area contributed by atoms with Crippen LogP contribution in [-0.2, 0) is 0 Å². The second kappa shape index (κ2) is 4.56. The van der Waals surface area contributed by atoms with Gasteiger partial charge in [-0.05, 0) is 42.5 Å². The Kier molecular flexibility index (Phi) is 3.64. The van der Waals surface area contributed by atoms with Gasteiger partial charge in [-0.15, -0.1) is 0 Å². The lowest BCUT2D eigenvalue weighted by atomic mass is 9.88. The molecule has 0 bridgehead atoms. The van der Waals surface area contributed by atoms with Crippen LogP contribution < -0.4 is 5.73 Å². The van der Waals surface area contributed by atoms with Crippen LogP contribution in [0.1, 0.15) is 30.9 Å². The molecule has 1 aromatic carbocycles. The van der Waals surface area contributed by atoms with Gasteiger partial charge in [0, 0.05) is 0 Å². The highest BCUT2D eigenvalue weighted by Crippen LogP contribution is 2.24. The molecule has 2 heteroatoms. The number of hydrogen-bond acceptors (Lipinski definition) is 1. The van der Waals surface area contributed by atoms with Crippen LogP contribution in [0.3, 0.4) is 0 Å². The van der Waals surface area contributed by atoms with Crippen molar-refractivity contribution >= 4 is 0 Å². The summed E-state index contributed by atoms with van der Waals surface area (Å²) in [7, 11) is 0. The van der Waals surface area contributed by atoms with E-state index in [1.165, 1.54) is 0 Å². The number of aryl methyl sites for hydroxylation is 1.